The molecular weight excluding hydrogens is 200 g/mol. The van der Waals surface area contributed by atoms with Gasteiger partial charge in [-0.15, -0.1) is 0 Å². The van der Waals surface area contributed by atoms with Crippen molar-refractivity contribution in [3.05, 3.63) is 0 Å². The summed E-state index contributed by atoms with van der Waals surface area (Å²) in [5, 5.41) is -0.326. The predicted octanol–water partition coefficient (Wildman–Crippen LogP) is 0.731. The molecule has 12 heavy (non-hydrogen) atoms. The summed E-state index contributed by atoms with van der Waals surface area (Å²) in [5.74, 6) is 0.668. The van der Waals surface area contributed by atoms with Crippen LogP contribution in [0.25, 0.3) is 0 Å². The molecule has 3 rings (SSSR count). The SMILES string of the molecule is O=S(=O)(Cl)C1CC2CC1C1OC21. The zero-order chi connectivity index (χ0) is 8.51. The Hall–Kier alpha value is 0.200. The van der Waals surface area contributed by atoms with Gasteiger partial charge in [0.1, 0.15) is 0 Å². The first-order chi connectivity index (χ1) is 5.57. The number of fused-ring (bicyclic) bond motifs is 5. The van der Waals surface area contributed by atoms with Crippen LogP contribution in [0.2, 0.25) is 0 Å². The van der Waals surface area contributed by atoms with Crippen LogP contribution in [0.4, 0.5) is 0 Å². The first-order valence-corrected chi connectivity index (χ1v) is 6.53. The highest BCUT2D eigenvalue weighted by Gasteiger charge is 2.65. The number of hydrogen-bond donors (Lipinski definition) is 0. The Bertz CT molecular complexity index is 326. The summed E-state index contributed by atoms with van der Waals surface area (Å²) < 4.78 is 27.5. The molecule has 5 unspecified atom stereocenters. The zero-order valence-electron chi connectivity index (χ0n) is 6.31. The van der Waals surface area contributed by atoms with E-state index in [0.29, 0.717) is 12.0 Å². The number of rotatable bonds is 1. The van der Waals surface area contributed by atoms with Gasteiger partial charge in [-0.2, -0.15) is 0 Å². The van der Waals surface area contributed by atoms with Crippen molar-refractivity contribution in [2.45, 2.75) is 30.3 Å². The second kappa shape index (κ2) is 1.99. The molecule has 1 heterocycles. The molecule has 0 amide bonds. The highest BCUT2D eigenvalue weighted by molar-refractivity contribution is 8.14. The van der Waals surface area contributed by atoms with Crippen LogP contribution in [-0.4, -0.2) is 25.9 Å². The van der Waals surface area contributed by atoms with Crippen molar-refractivity contribution in [1.82, 2.24) is 0 Å². The van der Waals surface area contributed by atoms with E-state index in [1.807, 2.05) is 0 Å². The molecule has 5 heteroatoms. The maximum atomic E-state index is 11.1. The molecule has 3 fully saturated rings. The molecule has 3 nitrogen and oxygen atoms in total. The summed E-state index contributed by atoms with van der Waals surface area (Å²) in [4.78, 5) is 0. The van der Waals surface area contributed by atoms with Crippen LogP contribution in [0.15, 0.2) is 0 Å². The molecule has 1 aliphatic heterocycles. The molecule has 0 aromatic rings. The summed E-state index contributed by atoms with van der Waals surface area (Å²) in [5.41, 5.74) is 0. The van der Waals surface area contributed by atoms with E-state index in [1.165, 1.54) is 0 Å². The molecule has 0 spiro atoms. The fourth-order valence-corrected chi connectivity index (χ4v) is 4.64. The molecule has 0 aromatic heterocycles. The van der Waals surface area contributed by atoms with Crippen LogP contribution in [0.1, 0.15) is 12.8 Å². The van der Waals surface area contributed by atoms with Crippen LogP contribution in [0.3, 0.4) is 0 Å². The van der Waals surface area contributed by atoms with Crippen LogP contribution < -0.4 is 0 Å². The molecule has 2 bridgehead atoms. The molecule has 1 saturated heterocycles. The van der Waals surface area contributed by atoms with E-state index in [0.717, 1.165) is 12.8 Å². The highest BCUT2D eigenvalue weighted by atomic mass is 35.7. The summed E-state index contributed by atoms with van der Waals surface area (Å²) in [6, 6.07) is 0. The summed E-state index contributed by atoms with van der Waals surface area (Å²) in [6.45, 7) is 0. The van der Waals surface area contributed by atoms with Gasteiger partial charge in [0.2, 0.25) is 9.05 Å². The van der Waals surface area contributed by atoms with E-state index in [1.54, 1.807) is 0 Å². The Morgan fingerprint density at radius 2 is 2.00 bits per heavy atom. The normalized spacial score (nSPS) is 55.6. The Balaban J connectivity index is 1.94. The lowest BCUT2D eigenvalue weighted by Gasteiger charge is -2.14. The smallest absolute Gasteiger partial charge is 0.235 e. The Labute approximate surface area is 75.5 Å². The van der Waals surface area contributed by atoms with E-state index >= 15 is 0 Å². The van der Waals surface area contributed by atoms with Crippen molar-refractivity contribution >= 4 is 19.7 Å². The standard InChI is InChI=1S/C7H9ClO3S/c8-12(9,10)5-2-3-1-4(5)7-6(3)11-7/h3-7H,1-2H2. The average Bonchev–Trinajstić information content (AvgIpc) is 2.55. The highest BCUT2D eigenvalue weighted by Crippen LogP contribution is 2.58. The minimum Gasteiger partial charge on any atom is -0.369 e. The van der Waals surface area contributed by atoms with Crippen molar-refractivity contribution in [3.63, 3.8) is 0 Å². The Kier molecular flexibility index (Phi) is 1.26. The van der Waals surface area contributed by atoms with E-state index in [4.69, 9.17) is 15.4 Å². The van der Waals surface area contributed by atoms with E-state index in [2.05, 4.69) is 0 Å². The average molecular weight is 209 g/mol. The van der Waals surface area contributed by atoms with Crippen LogP contribution >= 0.6 is 10.7 Å². The van der Waals surface area contributed by atoms with Crippen LogP contribution in [0.5, 0.6) is 0 Å². The lowest BCUT2D eigenvalue weighted by atomic mass is 10.0. The molecular formula is C7H9ClO3S. The van der Waals surface area contributed by atoms with Gasteiger partial charge >= 0.3 is 0 Å². The first kappa shape index (κ1) is 7.59. The number of epoxide rings is 1. The fourth-order valence-electron chi connectivity index (χ4n) is 2.87. The molecule has 2 aliphatic carbocycles. The van der Waals surface area contributed by atoms with Crippen molar-refractivity contribution in [2.75, 3.05) is 0 Å². The Morgan fingerprint density at radius 1 is 1.25 bits per heavy atom. The minimum atomic E-state index is -3.35. The quantitative estimate of drug-likeness (QED) is 0.472. The topological polar surface area (TPSA) is 46.7 Å². The fraction of sp³-hybridized carbons (Fsp3) is 1.00. The molecule has 3 aliphatic rings. The zero-order valence-corrected chi connectivity index (χ0v) is 7.88. The van der Waals surface area contributed by atoms with Gasteiger partial charge in [-0.05, 0) is 18.8 Å². The molecule has 0 N–H and O–H groups in total. The number of halogens is 1. The minimum absolute atomic E-state index is 0.197. The summed E-state index contributed by atoms with van der Waals surface area (Å²) in [6.07, 6.45) is 2.33. The summed E-state index contributed by atoms with van der Waals surface area (Å²) in [7, 11) is 1.99. The van der Waals surface area contributed by atoms with Crippen molar-refractivity contribution in [3.8, 4) is 0 Å². The first-order valence-electron chi connectivity index (χ1n) is 4.16. The van der Waals surface area contributed by atoms with Gasteiger partial charge in [0.15, 0.2) is 0 Å². The van der Waals surface area contributed by atoms with Crippen molar-refractivity contribution in [1.29, 1.82) is 0 Å². The van der Waals surface area contributed by atoms with Gasteiger partial charge in [0.25, 0.3) is 0 Å². The van der Waals surface area contributed by atoms with Crippen molar-refractivity contribution < 1.29 is 13.2 Å². The largest absolute Gasteiger partial charge is 0.369 e. The maximum absolute atomic E-state index is 11.1. The lowest BCUT2D eigenvalue weighted by molar-refractivity contribution is 0.264. The third-order valence-corrected chi connectivity index (χ3v) is 5.35. The second-order valence-electron chi connectivity index (χ2n) is 3.97. The van der Waals surface area contributed by atoms with Crippen molar-refractivity contribution in [2.24, 2.45) is 11.8 Å². The molecule has 5 atom stereocenters. The Morgan fingerprint density at radius 3 is 2.50 bits per heavy atom. The third-order valence-electron chi connectivity index (χ3n) is 3.40. The van der Waals surface area contributed by atoms with Gasteiger partial charge in [-0.1, -0.05) is 0 Å². The maximum Gasteiger partial charge on any atom is 0.235 e. The molecule has 0 radical (unpaired) electrons. The number of ether oxygens (including phenoxy) is 1. The van der Waals surface area contributed by atoms with Gasteiger partial charge < -0.3 is 4.74 Å². The van der Waals surface area contributed by atoms with E-state index < -0.39 is 9.05 Å². The molecule has 0 aromatic carbocycles. The molecule has 2 saturated carbocycles. The van der Waals surface area contributed by atoms with Crippen LogP contribution in [-0.2, 0) is 13.8 Å². The third kappa shape index (κ3) is 0.833. The van der Waals surface area contributed by atoms with Gasteiger partial charge in [0, 0.05) is 16.6 Å². The van der Waals surface area contributed by atoms with Gasteiger partial charge in [-0.25, -0.2) is 8.42 Å². The predicted molar refractivity (Wildman–Crippen MR) is 43.4 cm³/mol. The lowest BCUT2D eigenvalue weighted by Crippen LogP contribution is -2.27. The monoisotopic (exact) mass is 208 g/mol. The van der Waals surface area contributed by atoms with E-state index in [-0.39, 0.29) is 17.3 Å². The summed E-state index contributed by atoms with van der Waals surface area (Å²) >= 11 is 0. The second-order valence-corrected chi connectivity index (χ2v) is 6.82. The van der Waals surface area contributed by atoms with Crippen LogP contribution in [0, 0.1) is 11.8 Å². The number of hydrogen-bond acceptors (Lipinski definition) is 3. The molecule has 68 valence electrons. The van der Waals surface area contributed by atoms with Gasteiger partial charge in [0.05, 0.1) is 17.5 Å². The van der Waals surface area contributed by atoms with E-state index in [9.17, 15) is 8.42 Å². The van der Waals surface area contributed by atoms with Gasteiger partial charge in [-0.3, -0.25) is 0 Å².